The number of methoxy groups -OCH3 is 1. The Morgan fingerprint density at radius 1 is 1.05 bits per heavy atom. The Bertz CT molecular complexity index is 738. The Kier molecular flexibility index (Phi) is 3.71. The van der Waals surface area contributed by atoms with Crippen LogP contribution in [0.3, 0.4) is 0 Å². The fourth-order valence-electron chi connectivity index (χ4n) is 1.65. The van der Waals surface area contributed by atoms with Gasteiger partial charge in [0.2, 0.25) is 9.84 Å². The minimum Gasteiger partial charge on any atom is -0.497 e. The van der Waals surface area contributed by atoms with Crippen LogP contribution in [-0.4, -0.2) is 20.5 Å². The van der Waals surface area contributed by atoms with Crippen molar-refractivity contribution in [3.8, 4) is 5.75 Å². The second kappa shape index (κ2) is 5.30. The molecule has 0 unspecified atom stereocenters. The molecule has 0 saturated carbocycles. The summed E-state index contributed by atoms with van der Waals surface area (Å²) in [5.41, 5.74) is -0.158. The average Bonchev–Trinajstić information content (AvgIpc) is 2.47. The molecule has 0 aliphatic rings. The van der Waals surface area contributed by atoms with E-state index in [9.17, 15) is 18.5 Å². The maximum atomic E-state index is 12.4. The fourth-order valence-corrected chi connectivity index (χ4v) is 2.95. The van der Waals surface area contributed by atoms with Gasteiger partial charge in [-0.15, -0.1) is 0 Å². The lowest BCUT2D eigenvalue weighted by molar-refractivity contribution is -0.384. The molecule has 2 aromatic carbocycles. The molecule has 0 N–H and O–H groups in total. The first kappa shape index (κ1) is 14.0. The zero-order chi connectivity index (χ0) is 14.8. The first-order valence-corrected chi connectivity index (χ1v) is 7.07. The van der Waals surface area contributed by atoms with Crippen LogP contribution in [0.1, 0.15) is 0 Å². The molecule has 2 rings (SSSR count). The molecule has 0 atom stereocenters. The van der Waals surface area contributed by atoms with Crippen molar-refractivity contribution in [3.05, 3.63) is 58.6 Å². The molecule has 0 aliphatic carbocycles. The molecule has 6 nitrogen and oxygen atoms in total. The Hall–Kier alpha value is -2.41. The van der Waals surface area contributed by atoms with Gasteiger partial charge in [-0.25, -0.2) is 8.42 Å². The number of rotatable bonds is 4. The van der Waals surface area contributed by atoms with Crippen molar-refractivity contribution in [1.82, 2.24) is 0 Å². The van der Waals surface area contributed by atoms with Gasteiger partial charge in [-0.2, -0.15) is 0 Å². The molecule has 20 heavy (non-hydrogen) atoms. The summed E-state index contributed by atoms with van der Waals surface area (Å²) >= 11 is 0. The molecule has 7 heteroatoms. The highest BCUT2D eigenvalue weighted by molar-refractivity contribution is 7.91. The summed E-state index contributed by atoms with van der Waals surface area (Å²) in [5, 5.41) is 10.6. The summed E-state index contributed by atoms with van der Waals surface area (Å²) < 4.78 is 29.7. The third-order valence-corrected chi connectivity index (χ3v) is 4.48. The largest absolute Gasteiger partial charge is 0.497 e. The summed E-state index contributed by atoms with van der Waals surface area (Å²) in [6.45, 7) is 0. The van der Waals surface area contributed by atoms with Crippen LogP contribution in [0.2, 0.25) is 0 Å². The summed E-state index contributed by atoms with van der Waals surface area (Å²) in [6, 6.07) is 10.8. The van der Waals surface area contributed by atoms with Crippen LogP contribution in [0.5, 0.6) is 5.75 Å². The van der Waals surface area contributed by atoms with Crippen LogP contribution >= 0.6 is 0 Å². The Balaban J connectivity index is 2.46. The highest BCUT2D eigenvalue weighted by Crippen LogP contribution is 2.25. The van der Waals surface area contributed by atoms with Crippen LogP contribution < -0.4 is 4.74 Å². The van der Waals surface area contributed by atoms with Crippen LogP contribution in [0.4, 0.5) is 5.69 Å². The second-order valence-electron chi connectivity index (χ2n) is 3.93. The van der Waals surface area contributed by atoms with E-state index in [4.69, 9.17) is 4.74 Å². The van der Waals surface area contributed by atoms with E-state index in [-0.39, 0.29) is 15.5 Å². The van der Waals surface area contributed by atoms with Gasteiger partial charge in [0.1, 0.15) is 5.75 Å². The first-order valence-electron chi connectivity index (χ1n) is 5.59. The number of benzene rings is 2. The van der Waals surface area contributed by atoms with Gasteiger partial charge in [0.15, 0.2) is 0 Å². The van der Waals surface area contributed by atoms with Gasteiger partial charge in [-0.05, 0) is 30.3 Å². The van der Waals surface area contributed by atoms with Crippen molar-refractivity contribution >= 4 is 15.5 Å². The quantitative estimate of drug-likeness (QED) is 0.638. The zero-order valence-corrected chi connectivity index (χ0v) is 11.3. The monoisotopic (exact) mass is 293 g/mol. The Labute approximate surface area is 115 Å². The van der Waals surface area contributed by atoms with Crippen LogP contribution in [0.25, 0.3) is 0 Å². The fraction of sp³-hybridized carbons (Fsp3) is 0.0769. The SMILES string of the molecule is COc1cccc(S(=O)(=O)c2ccc([N+](=O)[O-])cc2)c1. The van der Waals surface area contributed by atoms with Crippen molar-refractivity contribution in [3.63, 3.8) is 0 Å². The summed E-state index contributed by atoms with van der Waals surface area (Å²) in [6.07, 6.45) is 0. The summed E-state index contributed by atoms with van der Waals surface area (Å²) in [4.78, 5) is 10.0. The average molecular weight is 293 g/mol. The molecule has 0 amide bonds. The highest BCUT2D eigenvalue weighted by Gasteiger charge is 2.19. The number of non-ortho nitro benzene ring substituents is 1. The maximum Gasteiger partial charge on any atom is 0.269 e. The van der Waals surface area contributed by atoms with Crippen LogP contribution in [-0.2, 0) is 9.84 Å². The number of hydrogen-bond donors (Lipinski definition) is 0. The summed E-state index contributed by atoms with van der Waals surface area (Å²) in [5.74, 6) is 0.424. The molecule has 0 bridgehead atoms. The molecule has 0 fully saturated rings. The Morgan fingerprint density at radius 2 is 1.70 bits per heavy atom. The van der Waals surface area contributed by atoms with Crippen molar-refractivity contribution < 1.29 is 18.1 Å². The Morgan fingerprint density at radius 3 is 2.25 bits per heavy atom. The molecular formula is C13H11NO5S. The van der Waals surface area contributed by atoms with Gasteiger partial charge in [0.05, 0.1) is 21.8 Å². The standard InChI is InChI=1S/C13H11NO5S/c1-19-11-3-2-4-13(9-11)20(17,18)12-7-5-10(6-8-12)14(15)16/h2-9H,1H3. The molecular weight excluding hydrogens is 282 g/mol. The van der Waals surface area contributed by atoms with E-state index in [1.165, 1.54) is 31.4 Å². The van der Waals surface area contributed by atoms with Gasteiger partial charge >= 0.3 is 0 Å². The molecule has 2 aromatic rings. The van der Waals surface area contributed by atoms with Gasteiger partial charge in [-0.1, -0.05) is 6.07 Å². The molecule has 0 spiro atoms. The van der Waals surface area contributed by atoms with E-state index >= 15 is 0 Å². The van der Waals surface area contributed by atoms with Crippen molar-refractivity contribution in [2.45, 2.75) is 9.79 Å². The second-order valence-corrected chi connectivity index (χ2v) is 5.88. The van der Waals surface area contributed by atoms with Crippen LogP contribution in [0, 0.1) is 10.1 Å². The maximum absolute atomic E-state index is 12.4. The van der Waals surface area contributed by atoms with E-state index in [0.717, 1.165) is 12.1 Å². The molecule has 0 aromatic heterocycles. The van der Waals surface area contributed by atoms with Gasteiger partial charge in [-0.3, -0.25) is 10.1 Å². The van der Waals surface area contributed by atoms with Gasteiger partial charge in [0, 0.05) is 12.1 Å². The smallest absolute Gasteiger partial charge is 0.269 e. The molecule has 0 saturated heterocycles. The van der Waals surface area contributed by atoms with E-state index in [1.807, 2.05) is 0 Å². The third kappa shape index (κ3) is 2.62. The number of nitro benzene ring substituents is 1. The lowest BCUT2D eigenvalue weighted by atomic mass is 10.3. The van der Waals surface area contributed by atoms with E-state index < -0.39 is 14.8 Å². The predicted molar refractivity (Wildman–Crippen MR) is 71.5 cm³/mol. The zero-order valence-electron chi connectivity index (χ0n) is 10.5. The van der Waals surface area contributed by atoms with Crippen LogP contribution in [0.15, 0.2) is 58.3 Å². The van der Waals surface area contributed by atoms with Crippen molar-refractivity contribution in [1.29, 1.82) is 0 Å². The van der Waals surface area contributed by atoms with E-state index in [1.54, 1.807) is 12.1 Å². The van der Waals surface area contributed by atoms with E-state index in [0.29, 0.717) is 5.75 Å². The lowest BCUT2D eigenvalue weighted by Gasteiger charge is -2.06. The normalized spacial score (nSPS) is 11.1. The van der Waals surface area contributed by atoms with Gasteiger partial charge in [0.25, 0.3) is 5.69 Å². The topological polar surface area (TPSA) is 86.5 Å². The lowest BCUT2D eigenvalue weighted by Crippen LogP contribution is -2.02. The van der Waals surface area contributed by atoms with E-state index in [2.05, 4.69) is 0 Å². The van der Waals surface area contributed by atoms with Crippen molar-refractivity contribution in [2.75, 3.05) is 7.11 Å². The third-order valence-electron chi connectivity index (χ3n) is 2.71. The number of hydrogen-bond acceptors (Lipinski definition) is 5. The summed E-state index contributed by atoms with van der Waals surface area (Å²) in [7, 11) is -2.27. The minimum atomic E-state index is -3.72. The van der Waals surface area contributed by atoms with Crippen molar-refractivity contribution in [2.24, 2.45) is 0 Å². The number of nitro groups is 1. The number of sulfone groups is 1. The minimum absolute atomic E-state index is 0.00338. The number of ether oxygens (including phenoxy) is 1. The highest BCUT2D eigenvalue weighted by atomic mass is 32.2. The molecule has 104 valence electrons. The molecule has 0 aliphatic heterocycles. The molecule has 0 radical (unpaired) electrons. The molecule has 0 heterocycles. The predicted octanol–water partition coefficient (Wildman–Crippen LogP) is 2.44. The first-order chi connectivity index (χ1) is 9.45. The number of nitrogens with zero attached hydrogens (tertiary/aromatic N) is 1. The van der Waals surface area contributed by atoms with Gasteiger partial charge < -0.3 is 4.74 Å².